The van der Waals surface area contributed by atoms with E-state index in [-0.39, 0.29) is 17.5 Å². The van der Waals surface area contributed by atoms with E-state index in [4.69, 9.17) is 0 Å². The van der Waals surface area contributed by atoms with Gasteiger partial charge in [-0.1, -0.05) is 0 Å². The second-order valence-electron chi connectivity index (χ2n) is 4.52. The Labute approximate surface area is 123 Å². The van der Waals surface area contributed by atoms with Crippen molar-refractivity contribution >= 4 is 29.0 Å². The van der Waals surface area contributed by atoms with E-state index in [1.54, 1.807) is 24.6 Å². The fourth-order valence-corrected chi connectivity index (χ4v) is 4.19. The van der Waals surface area contributed by atoms with Gasteiger partial charge in [0.1, 0.15) is 10.7 Å². The predicted molar refractivity (Wildman–Crippen MR) is 79.3 cm³/mol. The van der Waals surface area contributed by atoms with Gasteiger partial charge in [0.2, 0.25) is 0 Å². The van der Waals surface area contributed by atoms with Crippen LogP contribution >= 0.6 is 23.1 Å². The zero-order valence-electron chi connectivity index (χ0n) is 10.9. The maximum Gasteiger partial charge on any atom is 0.272 e. The molecule has 0 aromatic carbocycles. The average Bonchev–Trinajstić information content (AvgIpc) is 3.07. The molecule has 3 rings (SSSR count). The van der Waals surface area contributed by atoms with E-state index in [0.717, 1.165) is 16.5 Å². The van der Waals surface area contributed by atoms with E-state index in [0.29, 0.717) is 12.2 Å². The number of carbonyl (C=O) groups is 1. The number of thiazole rings is 1. The fraction of sp³-hybridized carbons (Fsp3) is 0.417. The Morgan fingerprint density at radius 2 is 2.40 bits per heavy atom. The zero-order valence-corrected chi connectivity index (χ0v) is 12.5. The molecule has 1 atom stereocenters. The van der Waals surface area contributed by atoms with Crippen molar-refractivity contribution in [2.45, 2.75) is 6.04 Å². The SMILES string of the molecule is Cn1[nH]c(=O)cc1C(=O)N1CCSCC1c1nccs1. The summed E-state index contributed by atoms with van der Waals surface area (Å²) in [6, 6.07) is 1.34. The summed E-state index contributed by atoms with van der Waals surface area (Å²) < 4.78 is 1.48. The van der Waals surface area contributed by atoms with Crippen LogP contribution in [0.15, 0.2) is 22.4 Å². The second kappa shape index (κ2) is 5.45. The molecule has 0 aliphatic carbocycles. The molecule has 8 heteroatoms. The number of nitrogens with one attached hydrogen (secondary N) is 1. The van der Waals surface area contributed by atoms with E-state index in [2.05, 4.69) is 10.1 Å². The van der Waals surface area contributed by atoms with E-state index in [9.17, 15) is 9.59 Å². The highest BCUT2D eigenvalue weighted by molar-refractivity contribution is 7.99. The van der Waals surface area contributed by atoms with Gasteiger partial charge in [0.25, 0.3) is 11.5 Å². The zero-order chi connectivity index (χ0) is 14.1. The molecule has 1 unspecified atom stereocenters. The highest BCUT2D eigenvalue weighted by Crippen LogP contribution is 2.31. The molecule has 1 aliphatic heterocycles. The third-order valence-electron chi connectivity index (χ3n) is 3.25. The molecule has 1 N–H and O–H groups in total. The Morgan fingerprint density at radius 1 is 1.55 bits per heavy atom. The lowest BCUT2D eigenvalue weighted by Gasteiger charge is -2.34. The van der Waals surface area contributed by atoms with Crippen LogP contribution in [0.2, 0.25) is 0 Å². The molecule has 2 aromatic heterocycles. The molecule has 0 bridgehead atoms. The molecule has 1 fully saturated rings. The van der Waals surface area contributed by atoms with Crippen molar-refractivity contribution in [3.8, 4) is 0 Å². The van der Waals surface area contributed by atoms with Gasteiger partial charge in [-0.05, 0) is 0 Å². The van der Waals surface area contributed by atoms with Crippen LogP contribution < -0.4 is 5.56 Å². The number of H-pyrrole nitrogens is 1. The summed E-state index contributed by atoms with van der Waals surface area (Å²) >= 11 is 3.38. The first-order valence-electron chi connectivity index (χ1n) is 6.21. The smallest absolute Gasteiger partial charge is 0.272 e. The van der Waals surface area contributed by atoms with Crippen molar-refractivity contribution < 1.29 is 4.79 Å². The summed E-state index contributed by atoms with van der Waals surface area (Å²) in [6.07, 6.45) is 1.76. The fourth-order valence-electron chi connectivity index (χ4n) is 2.28. The van der Waals surface area contributed by atoms with Crippen LogP contribution in [0, 0.1) is 0 Å². The van der Waals surface area contributed by atoms with Crippen molar-refractivity contribution in [3.63, 3.8) is 0 Å². The van der Waals surface area contributed by atoms with E-state index in [1.165, 1.54) is 10.7 Å². The maximum absolute atomic E-state index is 12.7. The van der Waals surface area contributed by atoms with Crippen molar-refractivity contribution in [2.75, 3.05) is 18.1 Å². The normalized spacial score (nSPS) is 19.2. The van der Waals surface area contributed by atoms with Crippen molar-refractivity contribution in [3.05, 3.63) is 38.7 Å². The van der Waals surface area contributed by atoms with Crippen molar-refractivity contribution in [2.24, 2.45) is 7.05 Å². The number of hydrogen-bond donors (Lipinski definition) is 1. The Kier molecular flexibility index (Phi) is 3.66. The lowest BCUT2D eigenvalue weighted by atomic mass is 10.2. The standard InChI is InChI=1S/C12H14N4O2S2/c1-15-8(6-10(17)14-15)12(18)16-3-5-19-7-9(16)11-13-2-4-20-11/h2,4,6,9H,3,5,7H2,1H3,(H,14,17). The first-order valence-corrected chi connectivity index (χ1v) is 8.24. The number of amides is 1. The summed E-state index contributed by atoms with van der Waals surface area (Å²) in [6.45, 7) is 0.674. The van der Waals surface area contributed by atoms with Crippen LogP contribution in [0.4, 0.5) is 0 Å². The van der Waals surface area contributed by atoms with E-state index in [1.807, 2.05) is 22.0 Å². The molecule has 1 amide bonds. The lowest BCUT2D eigenvalue weighted by Crippen LogP contribution is -2.41. The second-order valence-corrected chi connectivity index (χ2v) is 6.60. The van der Waals surface area contributed by atoms with Gasteiger partial charge in [-0.25, -0.2) is 4.98 Å². The van der Waals surface area contributed by atoms with Gasteiger partial charge in [-0.2, -0.15) is 11.8 Å². The maximum atomic E-state index is 12.7. The van der Waals surface area contributed by atoms with Crippen LogP contribution in [0.3, 0.4) is 0 Å². The number of aromatic amines is 1. The Hall–Kier alpha value is -1.54. The Bertz CT molecular complexity index is 661. The number of nitrogens with zero attached hydrogens (tertiary/aromatic N) is 3. The number of rotatable bonds is 2. The first kappa shape index (κ1) is 13.4. The summed E-state index contributed by atoms with van der Waals surface area (Å²) in [5.41, 5.74) is 0.136. The Balaban J connectivity index is 1.92. The molecule has 2 aromatic rings. The molecule has 6 nitrogen and oxygen atoms in total. The molecule has 20 heavy (non-hydrogen) atoms. The number of aromatic nitrogens is 3. The molecule has 0 saturated carbocycles. The molecule has 106 valence electrons. The van der Waals surface area contributed by atoms with Gasteiger partial charge >= 0.3 is 0 Å². The lowest BCUT2D eigenvalue weighted by molar-refractivity contribution is 0.0690. The number of thioether (sulfide) groups is 1. The topological polar surface area (TPSA) is 71.0 Å². The van der Waals surface area contributed by atoms with Crippen LogP contribution in [-0.2, 0) is 7.05 Å². The molecule has 0 spiro atoms. The minimum absolute atomic E-state index is 0.00810. The number of hydrogen-bond acceptors (Lipinski definition) is 5. The van der Waals surface area contributed by atoms with Gasteiger partial charge < -0.3 is 4.90 Å². The van der Waals surface area contributed by atoms with Gasteiger partial charge in [0.05, 0.1) is 6.04 Å². The number of aryl methyl sites for hydroxylation is 1. The molecule has 0 radical (unpaired) electrons. The van der Waals surface area contributed by atoms with Gasteiger partial charge in [-0.15, -0.1) is 11.3 Å². The Morgan fingerprint density at radius 3 is 3.05 bits per heavy atom. The third kappa shape index (κ3) is 2.40. The van der Waals surface area contributed by atoms with Crippen molar-refractivity contribution in [1.29, 1.82) is 0 Å². The predicted octanol–water partition coefficient (Wildman–Crippen LogP) is 1.10. The highest BCUT2D eigenvalue weighted by Gasteiger charge is 2.31. The van der Waals surface area contributed by atoms with Crippen molar-refractivity contribution in [1.82, 2.24) is 19.7 Å². The summed E-state index contributed by atoms with van der Waals surface area (Å²) in [7, 11) is 1.67. The molecule has 1 saturated heterocycles. The van der Waals surface area contributed by atoms with E-state index >= 15 is 0 Å². The first-order chi connectivity index (χ1) is 9.66. The van der Waals surface area contributed by atoms with Crippen LogP contribution in [0.5, 0.6) is 0 Å². The summed E-state index contributed by atoms with van der Waals surface area (Å²) in [5.74, 6) is 1.63. The van der Waals surface area contributed by atoms with E-state index < -0.39 is 0 Å². The number of carbonyl (C=O) groups excluding carboxylic acids is 1. The van der Waals surface area contributed by atoms with Crippen LogP contribution in [-0.4, -0.2) is 43.6 Å². The van der Waals surface area contributed by atoms with Gasteiger partial charge in [0.15, 0.2) is 0 Å². The van der Waals surface area contributed by atoms with Gasteiger partial charge in [-0.3, -0.25) is 19.4 Å². The monoisotopic (exact) mass is 310 g/mol. The van der Waals surface area contributed by atoms with Gasteiger partial charge in [0, 0.05) is 42.7 Å². The average molecular weight is 310 g/mol. The minimum atomic E-state index is -0.256. The third-order valence-corrected chi connectivity index (χ3v) is 5.15. The summed E-state index contributed by atoms with van der Waals surface area (Å²) in [5, 5.41) is 5.44. The van der Waals surface area contributed by atoms with Crippen LogP contribution in [0.1, 0.15) is 21.5 Å². The van der Waals surface area contributed by atoms with Crippen LogP contribution in [0.25, 0.3) is 0 Å². The largest absolute Gasteiger partial charge is 0.326 e. The molecular weight excluding hydrogens is 296 g/mol. The minimum Gasteiger partial charge on any atom is -0.326 e. The highest BCUT2D eigenvalue weighted by atomic mass is 32.2. The molecular formula is C12H14N4O2S2. The quantitative estimate of drug-likeness (QED) is 0.902. The molecule has 3 heterocycles. The molecule has 1 aliphatic rings. The summed E-state index contributed by atoms with van der Waals surface area (Å²) in [4.78, 5) is 30.1.